The molecule has 0 fully saturated rings. The minimum absolute atomic E-state index is 0.306. The van der Waals surface area contributed by atoms with Crippen LogP contribution >= 0.6 is 0 Å². The highest BCUT2D eigenvalue weighted by atomic mass is 16.5. The summed E-state index contributed by atoms with van der Waals surface area (Å²) in [6, 6.07) is 6.10. The predicted octanol–water partition coefficient (Wildman–Crippen LogP) is 2.25. The minimum Gasteiger partial charge on any atom is -0.496 e. The van der Waals surface area contributed by atoms with Crippen molar-refractivity contribution in [2.75, 3.05) is 20.2 Å². The van der Waals surface area contributed by atoms with Gasteiger partial charge in [0, 0.05) is 6.54 Å². The quantitative estimate of drug-likeness (QED) is 0.708. The lowest BCUT2D eigenvalue weighted by atomic mass is 10.1. The average molecular weight is 265 g/mol. The van der Waals surface area contributed by atoms with Crippen LogP contribution in [0, 0.1) is 12.8 Å². The summed E-state index contributed by atoms with van der Waals surface area (Å²) < 4.78 is 5.32. The number of benzene rings is 1. The fourth-order valence-corrected chi connectivity index (χ4v) is 2.01. The highest BCUT2D eigenvalue weighted by Gasteiger charge is 2.13. The number of hydrogen-bond acceptors (Lipinski definition) is 3. The number of nitrogens with one attached hydrogen (secondary N) is 1. The molecule has 0 spiro atoms. The zero-order valence-corrected chi connectivity index (χ0v) is 11.9. The third kappa shape index (κ3) is 4.91. The van der Waals surface area contributed by atoms with Gasteiger partial charge in [0.05, 0.1) is 13.0 Å². The van der Waals surface area contributed by atoms with Gasteiger partial charge < -0.3 is 15.2 Å². The van der Waals surface area contributed by atoms with E-state index < -0.39 is 5.97 Å². The van der Waals surface area contributed by atoms with E-state index >= 15 is 0 Å². The summed E-state index contributed by atoms with van der Waals surface area (Å²) >= 11 is 0. The van der Waals surface area contributed by atoms with Crippen LogP contribution in [0.4, 0.5) is 0 Å². The van der Waals surface area contributed by atoms with Crippen molar-refractivity contribution < 1.29 is 14.6 Å². The summed E-state index contributed by atoms with van der Waals surface area (Å²) in [7, 11) is 1.67. The number of carbonyl (C=O) groups is 1. The molecule has 4 nitrogen and oxygen atoms in total. The van der Waals surface area contributed by atoms with Crippen LogP contribution in [0.5, 0.6) is 5.75 Å². The summed E-state index contributed by atoms with van der Waals surface area (Å²) in [6.45, 7) is 5.21. The van der Waals surface area contributed by atoms with Gasteiger partial charge in [0.25, 0.3) is 0 Å². The smallest absolute Gasteiger partial charge is 0.307 e. The largest absolute Gasteiger partial charge is 0.496 e. The van der Waals surface area contributed by atoms with Crippen molar-refractivity contribution in [3.8, 4) is 5.75 Å². The lowest BCUT2D eigenvalue weighted by Crippen LogP contribution is -2.29. The molecule has 0 heterocycles. The second-order valence-corrected chi connectivity index (χ2v) is 4.71. The molecule has 0 aliphatic heterocycles. The van der Waals surface area contributed by atoms with Crippen molar-refractivity contribution in [1.29, 1.82) is 0 Å². The van der Waals surface area contributed by atoms with Crippen LogP contribution in [-0.4, -0.2) is 31.3 Å². The van der Waals surface area contributed by atoms with E-state index in [1.54, 1.807) is 7.11 Å². The maximum Gasteiger partial charge on any atom is 0.307 e. The molecule has 19 heavy (non-hydrogen) atoms. The Bertz CT molecular complexity index is 418. The van der Waals surface area contributed by atoms with Gasteiger partial charge >= 0.3 is 5.97 Å². The van der Waals surface area contributed by atoms with E-state index in [2.05, 4.69) is 11.4 Å². The molecule has 0 saturated carbocycles. The maximum atomic E-state index is 10.9. The number of ether oxygens (including phenoxy) is 1. The molecule has 0 bridgehead atoms. The van der Waals surface area contributed by atoms with E-state index in [0.717, 1.165) is 24.3 Å². The Balaban J connectivity index is 2.45. The zero-order chi connectivity index (χ0) is 14.3. The number of rotatable bonds is 8. The summed E-state index contributed by atoms with van der Waals surface area (Å²) in [5, 5.41) is 12.1. The molecule has 2 N–H and O–H groups in total. The standard InChI is InChI=1S/C15H23NO3/c1-4-12(15(17)18)10-16-8-7-13-9-11(2)5-6-14(13)19-3/h5-6,9,12,16H,4,7-8,10H2,1-3H3,(H,17,18). The van der Waals surface area contributed by atoms with Gasteiger partial charge in [-0.05, 0) is 37.9 Å². The second kappa shape index (κ2) is 7.79. The van der Waals surface area contributed by atoms with E-state index in [0.29, 0.717) is 13.0 Å². The molecule has 0 aliphatic carbocycles. The number of carboxylic acids is 1. The third-order valence-electron chi connectivity index (χ3n) is 3.24. The summed E-state index contributed by atoms with van der Waals surface area (Å²) in [5.74, 6) is -0.153. The van der Waals surface area contributed by atoms with Gasteiger partial charge in [-0.15, -0.1) is 0 Å². The van der Waals surface area contributed by atoms with Gasteiger partial charge in [-0.25, -0.2) is 0 Å². The molecule has 4 heteroatoms. The number of aryl methyl sites for hydroxylation is 1. The first kappa shape index (κ1) is 15.5. The Hall–Kier alpha value is -1.55. The summed E-state index contributed by atoms with van der Waals surface area (Å²) in [4.78, 5) is 10.9. The van der Waals surface area contributed by atoms with E-state index in [1.807, 2.05) is 26.0 Å². The Labute approximate surface area is 114 Å². The van der Waals surface area contributed by atoms with Crippen LogP contribution in [0.1, 0.15) is 24.5 Å². The van der Waals surface area contributed by atoms with Crippen molar-refractivity contribution in [2.45, 2.75) is 26.7 Å². The molecule has 1 rings (SSSR count). The molecule has 1 aromatic carbocycles. The lowest BCUT2D eigenvalue weighted by Gasteiger charge is -2.12. The molecule has 106 valence electrons. The van der Waals surface area contributed by atoms with Crippen LogP contribution in [-0.2, 0) is 11.2 Å². The first-order valence-electron chi connectivity index (χ1n) is 6.65. The molecule has 1 unspecified atom stereocenters. The van der Waals surface area contributed by atoms with Crippen molar-refractivity contribution in [3.05, 3.63) is 29.3 Å². The molecule has 0 radical (unpaired) electrons. The molecule has 0 aliphatic rings. The van der Waals surface area contributed by atoms with Crippen LogP contribution in [0.3, 0.4) is 0 Å². The molecule has 1 atom stereocenters. The second-order valence-electron chi connectivity index (χ2n) is 4.71. The van der Waals surface area contributed by atoms with Gasteiger partial charge in [0.1, 0.15) is 5.75 Å². The van der Waals surface area contributed by atoms with Crippen molar-refractivity contribution >= 4 is 5.97 Å². The van der Waals surface area contributed by atoms with Gasteiger partial charge in [0.15, 0.2) is 0 Å². The number of carboxylic acid groups (broad SMARTS) is 1. The molecule has 0 saturated heterocycles. The SMILES string of the molecule is CCC(CNCCc1cc(C)ccc1OC)C(=O)O. The first-order valence-corrected chi connectivity index (χ1v) is 6.65. The Morgan fingerprint density at radius 3 is 2.79 bits per heavy atom. The van der Waals surface area contributed by atoms with Gasteiger partial charge in [-0.1, -0.05) is 24.6 Å². The van der Waals surface area contributed by atoms with E-state index in [4.69, 9.17) is 9.84 Å². The third-order valence-corrected chi connectivity index (χ3v) is 3.24. The fourth-order valence-electron chi connectivity index (χ4n) is 2.01. The van der Waals surface area contributed by atoms with Crippen LogP contribution in [0.15, 0.2) is 18.2 Å². The van der Waals surface area contributed by atoms with Crippen LogP contribution < -0.4 is 10.1 Å². The van der Waals surface area contributed by atoms with Gasteiger partial charge in [0.2, 0.25) is 0 Å². The zero-order valence-electron chi connectivity index (χ0n) is 11.9. The number of aliphatic carboxylic acids is 1. The van der Waals surface area contributed by atoms with Gasteiger partial charge in [-0.3, -0.25) is 4.79 Å². The van der Waals surface area contributed by atoms with E-state index in [1.165, 1.54) is 5.56 Å². The topological polar surface area (TPSA) is 58.6 Å². The van der Waals surface area contributed by atoms with Crippen molar-refractivity contribution in [1.82, 2.24) is 5.32 Å². The predicted molar refractivity (Wildman–Crippen MR) is 75.7 cm³/mol. The van der Waals surface area contributed by atoms with Crippen molar-refractivity contribution in [2.24, 2.45) is 5.92 Å². The monoisotopic (exact) mass is 265 g/mol. The highest BCUT2D eigenvalue weighted by Crippen LogP contribution is 2.19. The Morgan fingerprint density at radius 2 is 2.21 bits per heavy atom. The molecule has 0 amide bonds. The first-order chi connectivity index (χ1) is 9.08. The lowest BCUT2D eigenvalue weighted by molar-refractivity contribution is -0.141. The Morgan fingerprint density at radius 1 is 1.47 bits per heavy atom. The molecule has 0 aromatic heterocycles. The van der Waals surface area contributed by atoms with Crippen LogP contribution in [0.25, 0.3) is 0 Å². The summed E-state index contributed by atoms with van der Waals surface area (Å²) in [5.41, 5.74) is 2.35. The van der Waals surface area contributed by atoms with Crippen molar-refractivity contribution in [3.63, 3.8) is 0 Å². The number of hydrogen-bond donors (Lipinski definition) is 2. The minimum atomic E-state index is -0.733. The summed E-state index contributed by atoms with van der Waals surface area (Å²) in [6.07, 6.45) is 1.48. The Kier molecular flexibility index (Phi) is 6.36. The highest BCUT2D eigenvalue weighted by molar-refractivity contribution is 5.70. The van der Waals surface area contributed by atoms with E-state index in [-0.39, 0.29) is 5.92 Å². The maximum absolute atomic E-state index is 10.9. The van der Waals surface area contributed by atoms with Crippen LogP contribution in [0.2, 0.25) is 0 Å². The number of methoxy groups -OCH3 is 1. The normalized spacial score (nSPS) is 12.2. The van der Waals surface area contributed by atoms with Gasteiger partial charge in [-0.2, -0.15) is 0 Å². The van der Waals surface area contributed by atoms with E-state index in [9.17, 15) is 4.79 Å². The molecule has 1 aromatic rings. The fraction of sp³-hybridized carbons (Fsp3) is 0.533. The average Bonchev–Trinajstić information content (AvgIpc) is 2.38. The molecular weight excluding hydrogens is 242 g/mol. The molecular formula is C15H23NO3.